The fraction of sp³-hybridized carbons (Fsp3) is 0.800. The van der Waals surface area contributed by atoms with E-state index >= 15 is 0 Å². The highest BCUT2D eigenvalue weighted by Gasteiger charge is 2.38. The molecule has 1 fully saturated rings. The van der Waals surface area contributed by atoms with E-state index in [1.165, 1.54) is 35.2 Å². The predicted molar refractivity (Wildman–Crippen MR) is 91.5 cm³/mol. The summed E-state index contributed by atoms with van der Waals surface area (Å²) in [4.78, 5) is 0. The molecule has 0 aromatic carbocycles. The van der Waals surface area contributed by atoms with Crippen LogP contribution in [0.3, 0.4) is 0 Å². The van der Waals surface area contributed by atoms with Gasteiger partial charge in [-0.05, 0) is 61.3 Å². The van der Waals surface area contributed by atoms with Crippen molar-refractivity contribution < 1.29 is 0 Å². The number of hydrogen-bond acceptors (Lipinski definition) is 3. The fourth-order valence-corrected chi connectivity index (χ4v) is 4.90. The number of hydrogen-bond donors (Lipinski definition) is 1. The van der Waals surface area contributed by atoms with Crippen LogP contribution >= 0.6 is 27.7 Å². The zero-order valence-corrected chi connectivity index (χ0v) is 15.4. The molecule has 1 saturated heterocycles. The maximum absolute atomic E-state index is 4.53. The van der Waals surface area contributed by atoms with Gasteiger partial charge in [-0.15, -0.1) is 0 Å². The first-order valence-electron chi connectivity index (χ1n) is 7.53. The SMILES string of the molecule is CCCNC(Cc1c(Br)c(C)nn1C)C1(C)CCCS1. The Labute approximate surface area is 135 Å². The molecule has 2 atom stereocenters. The van der Waals surface area contributed by atoms with E-state index in [2.05, 4.69) is 58.9 Å². The maximum atomic E-state index is 4.53. The molecule has 3 nitrogen and oxygen atoms in total. The average molecular weight is 360 g/mol. The van der Waals surface area contributed by atoms with Gasteiger partial charge in [0.2, 0.25) is 0 Å². The van der Waals surface area contributed by atoms with Gasteiger partial charge in [-0.3, -0.25) is 4.68 Å². The smallest absolute Gasteiger partial charge is 0.0738 e. The lowest BCUT2D eigenvalue weighted by Crippen LogP contribution is -2.47. The molecule has 1 aromatic heterocycles. The Morgan fingerprint density at radius 2 is 2.30 bits per heavy atom. The summed E-state index contributed by atoms with van der Waals surface area (Å²) in [6.07, 6.45) is 4.88. The van der Waals surface area contributed by atoms with Gasteiger partial charge in [0.05, 0.1) is 15.9 Å². The fourth-order valence-electron chi connectivity index (χ4n) is 2.99. The number of nitrogens with zero attached hydrogens (tertiary/aromatic N) is 2. The molecule has 0 saturated carbocycles. The van der Waals surface area contributed by atoms with E-state index in [1.54, 1.807) is 0 Å². The van der Waals surface area contributed by atoms with E-state index in [4.69, 9.17) is 0 Å². The van der Waals surface area contributed by atoms with Gasteiger partial charge in [0.25, 0.3) is 0 Å². The van der Waals surface area contributed by atoms with Gasteiger partial charge in [-0.25, -0.2) is 0 Å². The predicted octanol–water partition coefficient (Wildman–Crippen LogP) is 3.69. The monoisotopic (exact) mass is 359 g/mol. The van der Waals surface area contributed by atoms with Crippen molar-refractivity contribution in [2.75, 3.05) is 12.3 Å². The Bertz CT molecular complexity index is 452. The van der Waals surface area contributed by atoms with Crippen molar-refractivity contribution in [1.29, 1.82) is 0 Å². The zero-order chi connectivity index (χ0) is 14.8. The molecule has 0 spiro atoms. The van der Waals surface area contributed by atoms with Crippen molar-refractivity contribution in [3.63, 3.8) is 0 Å². The molecule has 1 aliphatic rings. The minimum absolute atomic E-state index is 0.354. The van der Waals surface area contributed by atoms with Crippen molar-refractivity contribution >= 4 is 27.7 Å². The molecule has 0 bridgehead atoms. The number of rotatable bonds is 6. The normalized spacial score (nSPS) is 24.2. The summed E-state index contributed by atoms with van der Waals surface area (Å²) in [5.74, 6) is 1.30. The summed E-state index contributed by atoms with van der Waals surface area (Å²) >= 11 is 5.84. The molecule has 2 heterocycles. The van der Waals surface area contributed by atoms with E-state index in [0.29, 0.717) is 10.8 Å². The molecule has 0 radical (unpaired) electrons. The summed E-state index contributed by atoms with van der Waals surface area (Å²) in [6.45, 7) is 7.82. The van der Waals surface area contributed by atoms with E-state index in [1.807, 2.05) is 11.7 Å². The molecule has 114 valence electrons. The van der Waals surface area contributed by atoms with Crippen molar-refractivity contribution in [3.8, 4) is 0 Å². The van der Waals surface area contributed by atoms with Crippen LogP contribution in [0.15, 0.2) is 4.47 Å². The van der Waals surface area contributed by atoms with Gasteiger partial charge in [0, 0.05) is 24.3 Å². The number of nitrogens with one attached hydrogen (secondary N) is 1. The molecule has 2 unspecified atom stereocenters. The Morgan fingerprint density at radius 1 is 1.55 bits per heavy atom. The summed E-state index contributed by atoms with van der Waals surface area (Å²) in [7, 11) is 2.05. The highest BCUT2D eigenvalue weighted by atomic mass is 79.9. The van der Waals surface area contributed by atoms with E-state index < -0.39 is 0 Å². The van der Waals surface area contributed by atoms with Gasteiger partial charge in [0.1, 0.15) is 0 Å². The second-order valence-electron chi connectivity index (χ2n) is 5.95. The third-order valence-corrected chi connectivity index (χ3v) is 6.96. The van der Waals surface area contributed by atoms with Crippen LogP contribution in [-0.4, -0.2) is 32.9 Å². The zero-order valence-electron chi connectivity index (χ0n) is 13.0. The van der Waals surface area contributed by atoms with Crippen molar-refractivity contribution in [2.24, 2.45) is 7.05 Å². The highest BCUT2D eigenvalue weighted by Crippen LogP contribution is 2.41. The molecule has 1 aliphatic heterocycles. The van der Waals surface area contributed by atoms with Gasteiger partial charge < -0.3 is 5.32 Å². The first-order chi connectivity index (χ1) is 9.48. The molecule has 20 heavy (non-hydrogen) atoms. The third kappa shape index (κ3) is 3.42. The van der Waals surface area contributed by atoms with E-state index in [-0.39, 0.29) is 0 Å². The van der Waals surface area contributed by atoms with Gasteiger partial charge >= 0.3 is 0 Å². The molecule has 1 aromatic rings. The molecule has 2 rings (SSSR count). The van der Waals surface area contributed by atoms with Gasteiger partial charge in [-0.2, -0.15) is 16.9 Å². The summed E-state index contributed by atoms with van der Waals surface area (Å²) in [5, 5.41) is 8.31. The molecule has 0 aliphatic carbocycles. The second-order valence-corrected chi connectivity index (χ2v) is 8.37. The Balaban J connectivity index is 2.19. The Kier molecular flexibility index (Phi) is 5.60. The number of aromatic nitrogens is 2. The molecule has 0 amide bonds. The second kappa shape index (κ2) is 6.84. The molecule has 5 heteroatoms. The van der Waals surface area contributed by atoms with Crippen LogP contribution in [0.1, 0.15) is 44.5 Å². The van der Waals surface area contributed by atoms with Crippen molar-refractivity contribution in [1.82, 2.24) is 15.1 Å². The summed E-state index contributed by atoms with van der Waals surface area (Å²) < 4.78 is 3.56. The van der Waals surface area contributed by atoms with Crippen LogP contribution in [0.5, 0.6) is 0 Å². The minimum Gasteiger partial charge on any atom is -0.312 e. The van der Waals surface area contributed by atoms with E-state index in [0.717, 1.165) is 18.7 Å². The van der Waals surface area contributed by atoms with Crippen LogP contribution in [0.4, 0.5) is 0 Å². The maximum Gasteiger partial charge on any atom is 0.0738 e. The third-order valence-electron chi connectivity index (χ3n) is 4.29. The summed E-state index contributed by atoms with van der Waals surface area (Å²) in [6, 6.07) is 0.515. The van der Waals surface area contributed by atoms with E-state index in [9.17, 15) is 0 Å². The number of aryl methyl sites for hydroxylation is 2. The number of halogens is 1. The first-order valence-corrected chi connectivity index (χ1v) is 9.31. The lowest BCUT2D eigenvalue weighted by atomic mass is 9.92. The van der Waals surface area contributed by atoms with Crippen LogP contribution in [0.25, 0.3) is 0 Å². The van der Waals surface area contributed by atoms with Crippen LogP contribution < -0.4 is 5.32 Å². The summed E-state index contributed by atoms with van der Waals surface area (Å²) in [5.41, 5.74) is 2.39. The van der Waals surface area contributed by atoms with Gasteiger partial charge in [0.15, 0.2) is 0 Å². The number of thioether (sulfide) groups is 1. The largest absolute Gasteiger partial charge is 0.312 e. The van der Waals surface area contributed by atoms with Gasteiger partial charge in [-0.1, -0.05) is 6.92 Å². The lowest BCUT2D eigenvalue weighted by molar-refractivity contribution is 0.391. The molecular formula is C15H26BrN3S. The minimum atomic E-state index is 0.354. The van der Waals surface area contributed by atoms with Crippen LogP contribution in [-0.2, 0) is 13.5 Å². The molecular weight excluding hydrogens is 334 g/mol. The van der Waals surface area contributed by atoms with Crippen molar-refractivity contribution in [2.45, 2.75) is 57.2 Å². The van der Waals surface area contributed by atoms with Crippen LogP contribution in [0, 0.1) is 6.92 Å². The van der Waals surface area contributed by atoms with Crippen LogP contribution in [0.2, 0.25) is 0 Å². The Hall–Kier alpha value is -0.000000000000000111. The highest BCUT2D eigenvalue weighted by molar-refractivity contribution is 9.10. The topological polar surface area (TPSA) is 29.9 Å². The lowest BCUT2D eigenvalue weighted by Gasteiger charge is -2.34. The Morgan fingerprint density at radius 3 is 2.80 bits per heavy atom. The molecule has 1 N–H and O–H groups in total. The standard InChI is InChI=1S/C15H26BrN3S/c1-5-8-17-13(15(3)7-6-9-20-15)10-12-14(16)11(2)18-19(12)4/h13,17H,5-10H2,1-4H3. The van der Waals surface area contributed by atoms with Crippen molar-refractivity contribution in [3.05, 3.63) is 15.9 Å². The quantitative estimate of drug-likeness (QED) is 0.839. The first kappa shape index (κ1) is 16.4. The average Bonchev–Trinajstić information content (AvgIpc) is 2.94.